The zero-order valence-electron chi connectivity index (χ0n) is 10.6. The minimum Gasteiger partial charge on any atom is -0.347 e. The van der Waals surface area contributed by atoms with Crippen LogP contribution in [0.4, 0.5) is 5.69 Å². The van der Waals surface area contributed by atoms with Crippen LogP contribution in [0.1, 0.15) is 19.8 Å². The first kappa shape index (κ1) is 12.6. The van der Waals surface area contributed by atoms with E-state index < -0.39 is 0 Å². The number of likely N-dealkylation sites (N-methyl/N-ethyl adjacent to an activating group) is 1. The van der Waals surface area contributed by atoms with Crippen molar-refractivity contribution in [3.63, 3.8) is 0 Å². The van der Waals surface area contributed by atoms with Crippen molar-refractivity contribution in [1.82, 2.24) is 5.32 Å². The molecule has 18 heavy (non-hydrogen) atoms. The van der Waals surface area contributed by atoms with Gasteiger partial charge in [0.15, 0.2) is 0 Å². The van der Waals surface area contributed by atoms with Gasteiger partial charge in [0.1, 0.15) is 0 Å². The lowest BCUT2D eigenvalue weighted by molar-refractivity contribution is -0.125. The molecule has 1 aromatic rings. The SMILES string of the molecule is CCN(C(=O)CNC(=O)C1CC1)c1ccccc1. The molecule has 0 aromatic heterocycles. The fourth-order valence-electron chi connectivity index (χ4n) is 1.86. The van der Waals surface area contributed by atoms with Gasteiger partial charge in [0, 0.05) is 18.2 Å². The molecule has 4 heteroatoms. The summed E-state index contributed by atoms with van der Waals surface area (Å²) in [5.41, 5.74) is 0.866. The lowest BCUT2D eigenvalue weighted by Crippen LogP contribution is -2.40. The Labute approximate surface area is 107 Å². The highest BCUT2D eigenvalue weighted by Gasteiger charge is 2.29. The molecule has 1 N–H and O–H groups in total. The average Bonchev–Trinajstić information content (AvgIpc) is 3.22. The predicted molar refractivity (Wildman–Crippen MR) is 70.2 cm³/mol. The quantitative estimate of drug-likeness (QED) is 0.857. The second-order valence-corrected chi connectivity index (χ2v) is 4.47. The van der Waals surface area contributed by atoms with E-state index in [-0.39, 0.29) is 24.3 Å². The van der Waals surface area contributed by atoms with E-state index in [4.69, 9.17) is 0 Å². The second-order valence-electron chi connectivity index (χ2n) is 4.47. The Morgan fingerprint density at radius 1 is 1.28 bits per heavy atom. The molecule has 96 valence electrons. The number of para-hydroxylation sites is 1. The smallest absolute Gasteiger partial charge is 0.246 e. The molecule has 2 amide bonds. The number of carbonyl (C=O) groups excluding carboxylic acids is 2. The average molecular weight is 246 g/mol. The van der Waals surface area contributed by atoms with Crippen LogP contribution in [0.25, 0.3) is 0 Å². The maximum atomic E-state index is 12.0. The Balaban J connectivity index is 1.91. The minimum absolute atomic E-state index is 0.00691. The van der Waals surface area contributed by atoms with Gasteiger partial charge in [0.2, 0.25) is 11.8 Å². The first-order chi connectivity index (χ1) is 8.72. The number of carbonyl (C=O) groups is 2. The molecule has 1 fully saturated rings. The van der Waals surface area contributed by atoms with Gasteiger partial charge in [-0.25, -0.2) is 0 Å². The van der Waals surface area contributed by atoms with Crippen molar-refractivity contribution in [1.29, 1.82) is 0 Å². The molecular formula is C14H18N2O2. The van der Waals surface area contributed by atoms with Crippen LogP contribution in [-0.2, 0) is 9.59 Å². The molecule has 1 saturated carbocycles. The summed E-state index contributed by atoms with van der Waals surface area (Å²) in [5, 5.41) is 2.70. The normalized spacial score (nSPS) is 14.1. The molecule has 4 nitrogen and oxygen atoms in total. The van der Waals surface area contributed by atoms with Crippen LogP contribution in [0.2, 0.25) is 0 Å². The summed E-state index contributed by atoms with van der Waals surface area (Å²) in [6.45, 7) is 2.60. The molecule has 0 bridgehead atoms. The fourth-order valence-corrected chi connectivity index (χ4v) is 1.86. The standard InChI is InChI=1S/C14H18N2O2/c1-2-16(12-6-4-3-5-7-12)13(17)10-15-14(18)11-8-9-11/h3-7,11H,2,8-10H2,1H3,(H,15,18). The van der Waals surface area contributed by atoms with Gasteiger partial charge >= 0.3 is 0 Å². The van der Waals surface area contributed by atoms with Crippen molar-refractivity contribution in [2.75, 3.05) is 18.0 Å². The highest BCUT2D eigenvalue weighted by molar-refractivity contribution is 5.97. The van der Waals surface area contributed by atoms with Crippen molar-refractivity contribution in [3.05, 3.63) is 30.3 Å². The van der Waals surface area contributed by atoms with E-state index in [9.17, 15) is 9.59 Å². The molecular weight excluding hydrogens is 228 g/mol. The van der Waals surface area contributed by atoms with Gasteiger partial charge in [0.25, 0.3) is 0 Å². The van der Waals surface area contributed by atoms with Gasteiger partial charge in [-0.05, 0) is 31.9 Å². The van der Waals surface area contributed by atoms with Gasteiger partial charge < -0.3 is 10.2 Å². The summed E-state index contributed by atoms with van der Waals surface area (Å²) >= 11 is 0. The molecule has 0 saturated heterocycles. The van der Waals surface area contributed by atoms with Gasteiger partial charge in [-0.1, -0.05) is 18.2 Å². The van der Waals surface area contributed by atoms with Gasteiger partial charge in [-0.3, -0.25) is 9.59 Å². The van der Waals surface area contributed by atoms with Crippen molar-refractivity contribution >= 4 is 17.5 Å². The van der Waals surface area contributed by atoms with Crippen LogP contribution >= 0.6 is 0 Å². The number of benzene rings is 1. The third-order valence-electron chi connectivity index (χ3n) is 3.05. The predicted octanol–water partition coefficient (Wildman–Crippen LogP) is 1.57. The molecule has 0 radical (unpaired) electrons. The van der Waals surface area contributed by atoms with Crippen LogP contribution < -0.4 is 10.2 Å². The van der Waals surface area contributed by atoms with Crippen molar-refractivity contribution < 1.29 is 9.59 Å². The first-order valence-corrected chi connectivity index (χ1v) is 6.35. The summed E-state index contributed by atoms with van der Waals surface area (Å²) in [6, 6.07) is 9.49. The molecule has 1 aliphatic carbocycles. The zero-order chi connectivity index (χ0) is 13.0. The van der Waals surface area contributed by atoms with Crippen LogP contribution in [-0.4, -0.2) is 24.9 Å². The third kappa shape index (κ3) is 3.09. The van der Waals surface area contributed by atoms with Gasteiger partial charge in [-0.2, -0.15) is 0 Å². The number of nitrogens with zero attached hydrogens (tertiary/aromatic N) is 1. The van der Waals surface area contributed by atoms with E-state index >= 15 is 0 Å². The van der Waals surface area contributed by atoms with Crippen LogP contribution in [0.5, 0.6) is 0 Å². The summed E-state index contributed by atoms with van der Waals surface area (Å²) in [6.07, 6.45) is 1.91. The van der Waals surface area contributed by atoms with Gasteiger partial charge in [0.05, 0.1) is 6.54 Å². The Morgan fingerprint density at radius 2 is 1.94 bits per heavy atom. The summed E-state index contributed by atoms with van der Waals surface area (Å²) in [4.78, 5) is 25.2. The Bertz CT molecular complexity index is 427. The van der Waals surface area contributed by atoms with E-state index in [2.05, 4.69) is 5.32 Å². The zero-order valence-corrected chi connectivity index (χ0v) is 10.6. The van der Waals surface area contributed by atoms with Crippen molar-refractivity contribution in [3.8, 4) is 0 Å². The van der Waals surface area contributed by atoms with E-state index in [1.165, 1.54) is 0 Å². The van der Waals surface area contributed by atoms with Crippen molar-refractivity contribution in [2.24, 2.45) is 5.92 Å². The number of anilines is 1. The number of hydrogen-bond acceptors (Lipinski definition) is 2. The topological polar surface area (TPSA) is 49.4 Å². The summed E-state index contributed by atoms with van der Waals surface area (Å²) in [7, 11) is 0. The largest absolute Gasteiger partial charge is 0.347 e. The highest BCUT2D eigenvalue weighted by atomic mass is 16.2. The Hall–Kier alpha value is -1.84. The lowest BCUT2D eigenvalue weighted by Gasteiger charge is -2.21. The van der Waals surface area contributed by atoms with Crippen molar-refractivity contribution in [2.45, 2.75) is 19.8 Å². The number of nitrogens with one attached hydrogen (secondary N) is 1. The molecule has 0 aliphatic heterocycles. The summed E-state index contributed by atoms with van der Waals surface area (Å²) < 4.78 is 0. The van der Waals surface area contributed by atoms with E-state index in [0.29, 0.717) is 6.54 Å². The van der Waals surface area contributed by atoms with Crippen LogP contribution in [0.15, 0.2) is 30.3 Å². The molecule has 1 aromatic carbocycles. The number of rotatable bonds is 5. The first-order valence-electron chi connectivity index (χ1n) is 6.35. The molecule has 0 unspecified atom stereocenters. The molecule has 1 aliphatic rings. The Morgan fingerprint density at radius 3 is 2.50 bits per heavy atom. The van der Waals surface area contributed by atoms with E-state index in [0.717, 1.165) is 18.5 Å². The minimum atomic E-state index is -0.0716. The second kappa shape index (κ2) is 5.67. The number of hydrogen-bond donors (Lipinski definition) is 1. The maximum Gasteiger partial charge on any atom is 0.246 e. The third-order valence-corrected chi connectivity index (χ3v) is 3.05. The highest BCUT2D eigenvalue weighted by Crippen LogP contribution is 2.28. The monoisotopic (exact) mass is 246 g/mol. The molecule has 2 rings (SSSR count). The molecule has 0 atom stereocenters. The van der Waals surface area contributed by atoms with Crippen LogP contribution in [0, 0.1) is 5.92 Å². The fraction of sp³-hybridized carbons (Fsp3) is 0.429. The molecule has 0 spiro atoms. The maximum absolute atomic E-state index is 12.0. The lowest BCUT2D eigenvalue weighted by atomic mass is 10.3. The number of amides is 2. The summed E-state index contributed by atoms with van der Waals surface area (Å²) in [5.74, 6) is 0.0785. The van der Waals surface area contributed by atoms with Gasteiger partial charge in [-0.15, -0.1) is 0 Å². The Kier molecular flexibility index (Phi) is 3.97. The van der Waals surface area contributed by atoms with Crippen LogP contribution in [0.3, 0.4) is 0 Å². The molecule has 0 heterocycles. The van der Waals surface area contributed by atoms with E-state index in [1.54, 1.807) is 4.90 Å². The van der Waals surface area contributed by atoms with E-state index in [1.807, 2.05) is 37.3 Å².